The molecule has 0 aromatic carbocycles. The van der Waals surface area contributed by atoms with E-state index in [1.165, 1.54) is 0 Å². The van der Waals surface area contributed by atoms with E-state index in [0.717, 1.165) is 12.8 Å². The molecule has 0 spiro atoms. The molecule has 0 aromatic heterocycles. The Bertz CT molecular complexity index is 29.0. The van der Waals surface area contributed by atoms with Crippen molar-refractivity contribution in [1.29, 1.82) is 0 Å². The van der Waals surface area contributed by atoms with Crippen molar-refractivity contribution >= 4 is 0 Å². The van der Waals surface area contributed by atoms with Crippen molar-refractivity contribution in [3.63, 3.8) is 0 Å². The summed E-state index contributed by atoms with van der Waals surface area (Å²) in [7, 11) is 0. The highest BCUT2D eigenvalue weighted by Crippen LogP contribution is 1.90. The molecule has 0 N–H and O–H groups in total. The summed E-state index contributed by atoms with van der Waals surface area (Å²) in [5.74, 6) is 0. The SMILES string of the molecule is [C]CCCC=C. The van der Waals surface area contributed by atoms with E-state index in [9.17, 15) is 0 Å². The zero-order valence-electron chi connectivity index (χ0n) is 3.91. The van der Waals surface area contributed by atoms with Crippen molar-refractivity contribution in [2.24, 2.45) is 0 Å². The van der Waals surface area contributed by atoms with Crippen LogP contribution in [0.5, 0.6) is 0 Å². The minimum atomic E-state index is 0.534. The monoisotopic (exact) mass is 81.1 g/mol. The Morgan fingerprint density at radius 2 is 2.33 bits per heavy atom. The molecule has 0 aliphatic carbocycles. The lowest BCUT2D eigenvalue weighted by Gasteiger charge is -1.81. The molecule has 0 unspecified atom stereocenters. The molecule has 0 heterocycles. The van der Waals surface area contributed by atoms with Crippen molar-refractivity contribution < 1.29 is 0 Å². The van der Waals surface area contributed by atoms with Gasteiger partial charge in [0.1, 0.15) is 0 Å². The Hall–Kier alpha value is -0.260. The van der Waals surface area contributed by atoms with Crippen LogP contribution in [0.4, 0.5) is 0 Å². The summed E-state index contributed by atoms with van der Waals surface area (Å²) in [5.41, 5.74) is 0. The highest BCUT2D eigenvalue weighted by atomic mass is 13.8. The first-order chi connectivity index (χ1) is 2.91. The van der Waals surface area contributed by atoms with Crippen LogP contribution in [0.3, 0.4) is 0 Å². The first-order valence-electron chi connectivity index (χ1n) is 2.17. The van der Waals surface area contributed by atoms with Crippen LogP contribution in [0.2, 0.25) is 0 Å². The van der Waals surface area contributed by atoms with Gasteiger partial charge in [-0.15, -0.1) is 6.58 Å². The fraction of sp³-hybridized carbons (Fsp3) is 0.500. The van der Waals surface area contributed by atoms with Crippen LogP contribution < -0.4 is 0 Å². The summed E-state index contributed by atoms with van der Waals surface area (Å²) in [6.07, 6.45) is 4.33. The van der Waals surface area contributed by atoms with Crippen LogP contribution in [0.1, 0.15) is 19.3 Å². The second kappa shape index (κ2) is 4.74. The quantitative estimate of drug-likeness (QED) is 0.359. The maximum atomic E-state index is 6.66. The van der Waals surface area contributed by atoms with Gasteiger partial charge in [0, 0.05) is 0 Å². The maximum absolute atomic E-state index is 6.66. The van der Waals surface area contributed by atoms with E-state index in [-0.39, 0.29) is 0 Å². The summed E-state index contributed by atoms with van der Waals surface area (Å²) in [6.45, 7) is 10.2. The van der Waals surface area contributed by atoms with Gasteiger partial charge in [-0.1, -0.05) is 6.08 Å². The molecular formula is C6H9. The van der Waals surface area contributed by atoms with Gasteiger partial charge >= 0.3 is 0 Å². The van der Waals surface area contributed by atoms with Crippen LogP contribution in [-0.2, 0) is 0 Å². The van der Waals surface area contributed by atoms with E-state index < -0.39 is 0 Å². The van der Waals surface area contributed by atoms with Gasteiger partial charge < -0.3 is 0 Å². The van der Waals surface area contributed by atoms with E-state index in [2.05, 4.69) is 6.58 Å². The molecular weight excluding hydrogens is 72.1 g/mol. The molecule has 0 nitrogen and oxygen atoms in total. The lowest BCUT2D eigenvalue weighted by molar-refractivity contribution is 0.867. The molecule has 0 saturated carbocycles. The van der Waals surface area contributed by atoms with E-state index in [1.54, 1.807) is 0 Å². The van der Waals surface area contributed by atoms with E-state index in [1.807, 2.05) is 6.08 Å². The number of unbranched alkanes of at least 4 members (excludes halogenated alkanes) is 2. The predicted octanol–water partition coefficient (Wildman–Crippen LogP) is 1.93. The molecule has 6 heavy (non-hydrogen) atoms. The summed E-state index contributed by atoms with van der Waals surface area (Å²) >= 11 is 0. The molecule has 33 valence electrons. The largest absolute Gasteiger partial charge is 0.103 e. The Labute approximate surface area is 39.9 Å². The van der Waals surface area contributed by atoms with Gasteiger partial charge in [-0.25, -0.2) is 0 Å². The van der Waals surface area contributed by atoms with Crippen LogP contribution in [0.15, 0.2) is 12.7 Å². The summed E-state index contributed by atoms with van der Waals surface area (Å²) in [4.78, 5) is 0. The number of rotatable bonds is 3. The predicted molar refractivity (Wildman–Crippen MR) is 27.3 cm³/mol. The topological polar surface area (TPSA) is 0 Å². The standard InChI is InChI=1S/C6H9/c1-3-5-6-4-2/h3H,1,4-6H2. The van der Waals surface area contributed by atoms with Crippen molar-refractivity contribution in [2.75, 3.05) is 0 Å². The number of hydrogen-bond donors (Lipinski definition) is 0. The van der Waals surface area contributed by atoms with Gasteiger partial charge in [-0.05, 0) is 26.2 Å². The summed E-state index contributed by atoms with van der Waals surface area (Å²) < 4.78 is 0. The molecule has 0 saturated heterocycles. The van der Waals surface area contributed by atoms with E-state index >= 15 is 0 Å². The fourth-order valence-corrected chi connectivity index (χ4v) is 0.246. The van der Waals surface area contributed by atoms with Crippen LogP contribution in [0.25, 0.3) is 0 Å². The molecule has 0 aliphatic rings. The maximum Gasteiger partial charge on any atom is -0.00935 e. The Balaban J connectivity index is 2.49. The Morgan fingerprint density at radius 1 is 1.67 bits per heavy atom. The van der Waals surface area contributed by atoms with Crippen LogP contribution >= 0.6 is 0 Å². The van der Waals surface area contributed by atoms with Gasteiger partial charge in [-0.3, -0.25) is 0 Å². The second-order valence-corrected chi connectivity index (χ2v) is 1.18. The average Bonchev–Trinajstić information content (AvgIpc) is 1.61. The first-order valence-corrected chi connectivity index (χ1v) is 2.17. The van der Waals surface area contributed by atoms with E-state index in [0.29, 0.717) is 6.42 Å². The zero-order valence-corrected chi connectivity index (χ0v) is 3.91. The third kappa shape index (κ3) is 3.74. The van der Waals surface area contributed by atoms with Crippen LogP contribution in [0, 0.1) is 6.92 Å². The third-order valence-corrected chi connectivity index (χ3v) is 0.585. The van der Waals surface area contributed by atoms with Gasteiger partial charge in [0.25, 0.3) is 0 Å². The van der Waals surface area contributed by atoms with Crippen molar-refractivity contribution in [2.45, 2.75) is 19.3 Å². The molecule has 0 amide bonds. The molecule has 0 atom stereocenters. The van der Waals surface area contributed by atoms with E-state index in [4.69, 9.17) is 6.92 Å². The summed E-state index contributed by atoms with van der Waals surface area (Å²) in [5, 5.41) is 0. The molecule has 3 radical (unpaired) electrons. The highest BCUT2D eigenvalue weighted by molar-refractivity contribution is 4.65. The molecule has 0 bridgehead atoms. The average molecular weight is 81.1 g/mol. The fourth-order valence-electron chi connectivity index (χ4n) is 0.246. The lowest BCUT2D eigenvalue weighted by Crippen LogP contribution is -1.62. The van der Waals surface area contributed by atoms with Gasteiger partial charge in [0.05, 0.1) is 0 Å². The second-order valence-electron chi connectivity index (χ2n) is 1.18. The zero-order chi connectivity index (χ0) is 4.83. The minimum Gasteiger partial charge on any atom is -0.103 e. The third-order valence-electron chi connectivity index (χ3n) is 0.585. The minimum absolute atomic E-state index is 0.534. The molecule has 0 rings (SSSR count). The van der Waals surface area contributed by atoms with Gasteiger partial charge in [0.15, 0.2) is 0 Å². The van der Waals surface area contributed by atoms with Crippen molar-refractivity contribution in [3.8, 4) is 0 Å². The highest BCUT2D eigenvalue weighted by Gasteiger charge is 1.72. The van der Waals surface area contributed by atoms with Gasteiger partial charge in [0.2, 0.25) is 0 Å². The lowest BCUT2D eigenvalue weighted by atomic mass is 10.3. The normalized spacial score (nSPS) is 8.17. The first kappa shape index (κ1) is 5.74. The Kier molecular flexibility index (Phi) is 4.53. The molecule has 0 aliphatic heterocycles. The van der Waals surface area contributed by atoms with Crippen molar-refractivity contribution in [1.82, 2.24) is 0 Å². The number of allylic oxidation sites excluding steroid dienone is 1. The summed E-state index contributed by atoms with van der Waals surface area (Å²) in [6, 6.07) is 0. The van der Waals surface area contributed by atoms with Gasteiger partial charge in [-0.2, -0.15) is 0 Å². The molecule has 0 aromatic rings. The Morgan fingerprint density at radius 3 is 2.50 bits per heavy atom. The molecule has 0 fully saturated rings. The number of hydrogen-bond acceptors (Lipinski definition) is 0. The molecule has 0 heteroatoms. The van der Waals surface area contributed by atoms with Crippen molar-refractivity contribution in [3.05, 3.63) is 19.6 Å². The smallest absolute Gasteiger partial charge is 0.00935 e. The van der Waals surface area contributed by atoms with Crippen LogP contribution in [-0.4, -0.2) is 0 Å².